The molecule has 10 nitrogen and oxygen atoms in total. The Morgan fingerprint density at radius 3 is 2.46 bits per heavy atom. The molecule has 3 aromatic rings. The van der Waals surface area contributed by atoms with Gasteiger partial charge in [-0.15, -0.1) is 21.5 Å². The number of hydrogen-bond acceptors (Lipinski definition) is 9. The molecule has 184 valence electrons. The van der Waals surface area contributed by atoms with Crippen molar-refractivity contribution in [1.29, 1.82) is 0 Å². The van der Waals surface area contributed by atoms with Crippen LogP contribution in [-0.4, -0.2) is 82.1 Å². The van der Waals surface area contributed by atoms with Crippen molar-refractivity contribution >= 4 is 51.0 Å². The zero-order valence-corrected chi connectivity index (χ0v) is 21.1. The molecule has 0 unspecified atom stereocenters. The van der Waals surface area contributed by atoms with Crippen molar-refractivity contribution in [3.8, 4) is 0 Å². The molecule has 0 spiro atoms. The molecule has 1 N–H and O–H groups in total. The van der Waals surface area contributed by atoms with E-state index < -0.39 is 0 Å². The number of aromatic nitrogens is 4. The summed E-state index contributed by atoms with van der Waals surface area (Å²) in [6.07, 6.45) is 6.31. The number of fused-ring (bicyclic) bond motifs is 1. The Hall–Kier alpha value is -3.34. The van der Waals surface area contributed by atoms with Crippen molar-refractivity contribution < 1.29 is 9.59 Å². The monoisotopic (exact) mass is 494 g/mol. The van der Waals surface area contributed by atoms with Crippen molar-refractivity contribution in [1.82, 2.24) is 30.0 Å². The van der Waals surface area contributed by atoms with E-state index in [4.69, 9.17) is 4.98 Å². The van der Waals surface area contributed by atoms with Gasteiger partial charge >= 0.3 is 0 Å². The average Bonchev–Trinajstić information content (AvgIpc) is 3.51. The molecule has 0 aromatic carbocycles. The first-order chi connectivity index (χ1) is 16.9. The SMILES string of the molecule is CC(=O)N1CCN(c2ccc(Nc3ncc4sc(C(=O)N(C)C)c(C5CCCC5)c4n3)nn2)CC1. The fourth-order valence-corrected chi connectivity index (χ4v) is 6.07. The Morgan fingerprint density at radius 2 is 1.83 bits per heavy atom. The molecule has 0 bridgehead atoms. The molecule has 4 heterocycles. The second kappa shape index (κ2) is 9.73. The van der Waals surface area contributed by atoms with Crippen LogP contribution in [0, 0.1) is 0 Å². The lowest BCUT2D eigenvalue weighted by Crippen LogP contribution is -2.48. The van der Waals surface area contributed by atoms with Crippen LogP contribution in [0.1, 0.15) is 53.8 Å². The van der Waals surface area contributed by atoms with E-state index in [9.17, 15) is 9.59 Å². The number of thiophene rings is 1. The Morgan fingerprint density at radius 1 is 1.09 bits per heavy atom. The van der Waals surface area contributed by atoms with Crippen LogP contribution < -0.4 is 10.2 Å². The van der Waals surface area contributed by atoms with Crippen molar-refractivity contribution in [2.45, 2.75) is 38.5 Å². The minimum absolute atomic E-state index is 0.0231. The largest absolute Gasteiger partial charge is 0.352 e. The maximum Gasteiger partial charge on any atom is 0.263 e. The molecule has 35 heavy (non-hydrogen) atoms. The molecule has 1 aliphatic carbocycles. The summed E-state index contributed by atoms with van der Waals surface area (Å²) >= 11 is 1.48. The van der Waals surface area contributed by atoms with Gasteiger partial charge in [-0.25, -0.2) is 9.97 Å². The quantitative estimate of drug-likeness (QED) is 0.576. The summed E-state index contributed by atoms with van der Waals surface area (Å²) in [4.78, 5) is 40.1. The number of rotatable bonds is 5. The van der Waals surface area contributed by atoms with E-state index in [0.29, 0.717) is 30.8 Å². The van der Waals surface area contributed by atoms with Crippen molar-refractivity contribution in [3.05, 3.63) is 28.8 Å². The van der Waals surface area contributed by atoms with Gasteiger partial charge < -0.3 is 20.0 Å². The van der Waals surface area contributed by atoms with E-state index in [0.717, 1.165) is 52.4 Å². The molecule has 1 saturated heterocycles. The number of hydrogen-bond donors (Lipinski definition) is 1. The topological polar surface area (TPSA) is 107 Å². The predicted octanol–water partition coefficient (Wildman–Crippen LogP) is 3.25. The highest BCUT2D eigenvalue weighted by Crippen LogP contribution is 2.43. The zero-order chi connectivity index (χ0) is 24.5. The number of nitrogens with one attached hydrogen (secondary N) is 1. The second-order valence-electron chi connectivity index (χ2n) is 9.33. The number of amides is 2. The lowest BCUT2D eigenvalue weighted by atomic mass is 9.96. The maximum atomic E-state index is 12.9. The molecule has 1 saturated carbocycles. The van der Waals surface area contributed by atoms with Crippen molar-refractivity contribution in [2.24, 2.45) is 0 Å². The van der Waals surface area contributed by atoms with E-state index in [1.54, 1.807) is 32.1 Å². The molecule has 11 heteroatoms. The fraction of sp³-hybridized carbons (Fsp3) is 0.500. The summed E-state index contributed by atoms with van der Waals surface area (Å²) in [6, 6.07) is 3.78. The van der Waals surface area contributed by atoms with Gasteiger partial charge in [0.1, 0.15) is 0 Å². The predicted molar refractivity (Wildman–Crippen MR) is 136 cm³/mol. The Balaban J connectivity index is 1.36. The van der Waals surface area contributed by atoms with Crippen LogP contribution in [-0.2, 0) is 4.79 Å². The molecular formula is C24H30N8O2S. The minimum Gasteiger partial charge on any atom is -0.352 e. The van der Waals surface area contributed by atoms with Gasteiger partial charge in [0, 0.05) is 52.8 Å². The average molecular weight is 495 g/mol. The molecule has 3 aromatic heterocycles. The van der Waals surface area contributed by atoms with Crippen LogP contribution in [0.4, 0.5) is 17.6 Å². The van der Waals surface area contributed by atoms with Gasteiger partial charge in [0.15, 0.2) is 11.6 Å². The third kappa shape index (κ3) is 4.77. The third-order valence-electron chi connectivity index (χ3n) is 6.77. The van der Waals surface area contributed by atoms with Gasteiger partial charge in [-0.05, 0) is 30.9 Å². The van der Waals surface area contributed by atoms with Gasteiger partial charge in [-0.2, -0.15) is 0 Å². The van der Waals surface area contributed by atoms with Crippen LogP contribution >= 0.6 is 11.3 Å². The lowest BCUT2D eigenvalue weighted by Gasteiger charge is -2.34. The summed E-state index contributed by atoms with van der Waals surface area (Å²) in [5.74, 6) is 2.26. The molecule has 2 fully saturated rings. The molecule has 2 aliphatic rings. The second-order valence-corrected chi connectivity index (χ2v) is 10.4. The highest BCUT2D eigenvalue weighted by molar-refractivity contribution is 7.21. The number of anilines is 3. The van der Waals surface area contributed by atoms with E-state index in [1.807, 2.05) is 17.0 Å². The van der Waals surface area contributed by atoms with Gasteiger partial charge in [-0.1, -0.05) is 12.8 Å². The summed E-state index contributed by atoms with van der Waals surface area (Å²) < 4.78 is 0.925. The smallest absolute Gasteiger partial charge is 0.263 e. The molecule has 0 atom stereocenters. The van der Waals surface area contributed by atoms with E-state index >= 15 is 0 Å². The number of nitrogens with zero attached hydrogens (tertiary/aromatic N) is 7. The Bertz CT molecular complexity index is 1230. The van der Waals surface area contributed by atoms with Gasteiger partial charge in [0.2, 0.25) is 11.9 Å². The number of carbonyl (C=O) groups is 2. The van der Waals surface area contributed by atoms with Crippen molar-refractivity contribution in [2.75, 3.05) is 50.5 Å². The molecule has 2 amide bonds. The van der Waals surface area contributed by atoms with Gasteiger partial charge in [0.05, 0.1) is 21.3 Å². The zero-order valence-electron chi connectivity index (χ0n) is 20.3. The van der Waals surface area contributed by atoms with Crippen LogP contribution in [0.2, 0.25) is 0 Å². The summed E-state index contributed by atoms with van der Waals surface area (Å²) in [6.45, 7) is 4.44. The minimum atomic E-state index is 0.0231. The first kappa shape index (κ1) is 23.4. The first-order valence-corrected chi connectivity index (χ1v) is 12.8. The lowest BCUT2D eigenvalue weighted by molar-refractivity contribution is -0.129. The molecular weight excluding hydrogens is 464 g/mol. The Labute approximate surface area is 208 Å². The van der Waals surface area contributed by atoms with Crippen LogP contribution in [0.3, 0.4) is 0 Å². The van der Waals surface area contributed by atoms with E-state index in [-0.39, 0.29) is 11.8 Å². The first-order valence-electron chi connectivity index (χ1n) is 12.0. The fourth-order valence-electron chi connectivity index (χ4n) is 4.85. The van der Waals surface area contributed by atoms with Gasteiger partial charge in [-0.3, -0.25) is 9.59 Å². The van der Waals surface area contributed by atoms with E-state index in [2.05, 4.69) is 25.4 Å². The summed E-state index contributed by atoms with van der Waals surface area (Å²) in [5, 5.41) is 11.9. The molecule has 0 radical (unpaired) electrons. The van der Waals surface area contributed by atoms with Crippen LogP contribution in [0.25, 0.3) is 10.2 Å². The standard InChI is InChI=1S/C24H30N8O2S/c1-15(33)31-10-12-32(13-11-31)19-9-8-18(28-29-19)26-24-25-14-17-21(27-24)20(16-6-4-5-7-16)22(35-17)23(34)30(2)3/h8-9,14,16H,4-7,10-13H2,1-3H3,(H,25,26,27,28). The van der Waals surface area contributed by atoms with Crippen LogP contribution in [0.5, 0.6) is 0 Å². The summed E-state index contributed by atoms with van der Waals surface area (Å²) in [7, 11) is 3.57. The highest BCUT2D eigenvalue weighted by atomic mass is 32.1. The van der Waals surface area contributed by atoms with Crippen molar-refractivity contribution in [3.63, 3.8) is 0 Å². The normalized spacial score (nSPS) is 16.7. The van der Waals surface area contributed by atoms with Gasteiger partial charge in [0.25, 0.3) is 5.91 Å². The number of piperazine rings is 1. The summed E-state index contributed by atoms with van der Waals surface area (Å²) in [5.41, 5.74) is 1.93. The molecule has 1 aliphatic heterocycles. The third-order valence-corrected chi connectivity index (χ3v) is 7.89. The maximum absolute atomic E-state index is 12.9. The highest BCUT2D eigenvalue weighted by Gasteiger charge is 2.29. The number of carbonyl (C=O) groups excluding carboxylic acids is 2. The van der Waals surface area contributed by atoms with E-state index in [1.165, 1.54) is 24.2 Å². The van der Waals surface area contributed by atoms with Crippen LogP contribution in [0.15, 0.2) is 18.3 Å². The molecule has 5 rings (SSSR count). The Kier molecular flexibility index (Phi) is 6.50.